The third-order valence-corrected chi connectivity index (χ3v) is 12.4. The first-order chi connectivity index (χ1) is 21.1. The molecule has 2 N–H and O–H groups in total. The van der Waals surface area contributed by atoms with Gasteiger partial charge in [-0.3, -0.25) is 9.59 Å². The molecule has 2 amide bonds. The van der Waals surface area contributed by atoms with Crippen LogP contribution in [-0.2, 0) is 28.5 Å². The third kappa shape index (κ3) is 3.70. The van der Waals surface area contributed by atoms with Crippen molar-refractivity contribution in [1.82, 2.24) is 10.6 Å². The first-order valence-corrected chi connectivity index (χ1v) is 16.2. The van der Waals surface area contributed by atoms with Gasteiger partial charge in [0.25, 0.3) is 0 Å². The molecule has 5 aliphatic carbocycles. The van der Waals surface area contributed by atoms with Crippen LogP contribution in [0, 0.1) is 47.3 Å². The minimum Gasteiger partial charge on any atom is -0.377 e. The van der Waals surface area contributed by atoms with Crippen molar-refractivity contribution >= 4 is 11.8 Å². The summed E-state index contributed by atoms with van der Waals surface area (Å²) < 4.78 is 25.0. The van der Waals surface area contributed by atoms with Crippen molar-refractivity contribution in [1.29, 1.82) is 0 Å². The topological polar surface area (TPSA) is 95.1 Å². The highest BCUT2D eigenvalue weighted by atomic mass is 16.6. The molecule has 2 aromatic rings. The Balaban J connectivity index is 1.01. The van der Waals surface area contributed by atoms with Crippen LogP contribution < -0.4 is 10.6 Å². The lowest BCUT2D eigenvalue weighted by Crippen LogP contribution is -2.53. The minimum atomic E-state index is -0.435. The number of hydrogen-bond acceptors (Lipinski definition) is 6. The number of amides is 2. The van der Waals surface area contributed by atoms with Crippen LogP contribution in [0.25, 0.3) is 0 Å². The molecule has 8 heteroatoms. The Labute approximate surface area is 252 Å². The lowest BCUT2D eigenvalue weighted by molar-refractivity contribution is -0.137. The highest BCUT2D eigenvalue weighted by molar-refractivity contribution is 5.80. The normalized spacial score (nSPS) is 46.5. The predicted molar refractivity (Wildman–Crippen MR) is 155 cm³/mol. The summed E-state index contributed by atoms with van der Waals surface area (Å²) in [5.41, 5.74) is 1.18. The Morgan fingerprint density at radius 3 is 1.49 bits per heavy atom. The second-order valence-electron chi connectivity index (χ2n) is 14.0. The maximum Gasteiger partial charge on any atom is 0.223 e. The van der Waals surface area contributed by atoms with E-state index in [0.29, 0.717) is 99.8 Å². The summed E-state index contributed by atoms with van der Waals surface area (Å²) in [5, 5.41) is 6.64. The van der Waals surface area contributed by atoms with E-state index >= 15 is 0 Å². The summed E-state index contributed by atoms with van der Waals surface area (Å²) in [7, 11) is 0. The van der Waals surface area contributed by atoms with Crippen LogP contribution in [0.1, 0.15) is 42.5 Å². The minimum absolute atomic E-state index is 0.0252. The second kappa shape index (κ2) is 9.86. The Bertz CT molecular complexity index is 1300. The molecule has 8 nitrogen and oxygen atoms in total. The SMILES string of the molecule is O=C1CC23OC4(CC(=O)N[C@@H](c5ccccc5)COCCOCCOCC(c5ccccc5)N1)C1C5CC(C6C5C4C62)C13. The molecule has 8 fully saturated rings. The van der Waals surface area contributed by atoms with E-state index in [1.807, 2.05) is 60.7 Å². The standard InChI is InChI=1S/C35H40N2O6/c38-26-16-34-30-22-15-23-29-28(22)32(34)33(29)35(43-34,31(23)30)17-27(39)37-25(21-9-5-2-6-10-21)19-42-14-12-40-11-13-41-18-24(36-26)20-7-3-1-4-8-20/h1-10,22-25,28-33H,11-19H2,(H,36,38)(H,37,39)/t22?,23?,24-,25?,28?,29?,30?,31?,32?,33?,34?,35?/m1/s1. The van der Waals surface area contributed by atoms with Crippen molar-refractivity contribution in [3.8, 4) is 0 Å². The highest BCUT2D eigenvalue weighted by Gasteiger charge is 2.96. The summed E-state index contributed by atoms with van der Waals surface area (Å²) >= 11 is 0. The van der Waals surface area contributed by atoms with Gasteiger partial charge in [-0.1, -0.05) is 60.7 Å². The van der Waals surface area contributed by atoms with E-state index in [1.54, 1.807) is 0 Å². The molecule has 226 valence electrons. The molecular formula is C35H40N2O6. The van der Waals surface area contributed by atoms with Crippen molar-refractivity contribution in [3.05, 3.63) is 71.8 Å². The van der Waals surface area contributed by atoms with Gasteiger partial charge in [0.15, 0.2) is 0 Å². The molecule has 0 aromatic heterocycles. The number of rotatable bonds is 2. The second-order valence-corrected chi connectivity index (χ2v) is 14.0. The number of ether oxygens (including phenoxy) is 4. The van der Waals surface area contributed by atoms with E-state index in [9.17, 15) is 9.59 Å². The van der Waals surface area contributed by atoms with Crippen molar-refractivity contribution in [2.24, 2.45) is 47.3 Å². The number of hydrogen-bond donors (Lipinski definition) is 2. The van der Waals surface area contributed by atoms with Crippen LogP contribution in [-0.4, -0.2) is 62.7 Å². The van der Waals surface area contributed by atoms with E-state index in [-0.39, 0.29) is 23.9 Å². The molecular weight excluding hydrogens is 544 g/mol. The first-order valence-electron chi connectivity index (χ1n) is 16.2. The van der Waals surface area contributed by atoms with Gasteiger partial charge in [0.2, 0.25) is 11.8 Å². The average molecular weight is 585 g/mol. The summed E-state index contributed by atoms with van der Waals surface area (Å²) in [5.74, 6) is 4.31. The Kier molecular flexibility index (Phi) is 6.10. The molecule has 8 aliphatic rings. The van der Waals surface area contributed by atoms with Gasteiger partial charge in [-0.2, -0.15) is 0 Å². The maximum atomic E-state index is 13.9. The van der Waals surface area contributed by atoms with Crippen LogP contribution in [0.15, 0.2) is 60.7 Å². The number of carbonyl (C=O) groups excluding carboxylic acids is 2. The zero-order valence-corrected chi connectivity index (χ0v) is 24.4. The van der Waals surface area contributed by atoms with Gasteiger partial charge in [0, 0.05) is 0 Å². The van der Waals surface area contributed by atoms with Crippen molar-refractivity contribution in [3.63, 3.8) is 0 Å². The highest BCUT2D eigenvalue weighted by Crippen LogP contribution is 2.93. The van der Waals surface area contributed by atoms with Gasteiger partial charge in [-0.25, -0.2) is 0 Å². The van der Waals surface area contributed by atoms with E-state index in [1.165, 1.54) is 6.42 Å². The molecule has 10 rings (SSSR count). The molecule has 4 bridgehead atoms. The van der Waals surface area contributed by atoms with Gasteiger partial charge in [-0.05, 0) is 64.9 Å². The molecule has 5 saturated carbocycles. The molecule has 3 heterocycles. The lowest BCUT2D eigenvalue weighted by Gasteiger charge is -2.47. The maximum absolute atomic E-state index is 13.9. The Morgan fingerprint density at radius 2 is 1.02 bits per heavy atom. The molecule has 12 atom stereocenters. The summed E-state index contributed by atoms with van der Waals surface area (Å²) in [6, 6.07) is 19.6. The largest absolute Gasteiger partial charge is 0.377 e. The molecule has 3 aliphatic heterocycles. The van der Waals surface area contributed by atoms with Crippen molar-refractivity contribution in [2.45, 2.75) is 42.5 Å². The smallest absolute Gasteiger partial charge is 0.223 e. The predicted octanol–water partition coefficient (Wildman–Crippen LogP) is 3.44. The van der Waals surface area contributed by atoms with Gasteiger partial charge >= 0.3 is 0 Å². The fourth-order valence-corrected chi connectivity index (χ4v) is 11.6. The quantitative estimate of drug-likeness (QED) is 0.562. The van der Waals surface area contributed by atoms with Gasteiger partial charge in [0.1, 0.15) is 0 Å². The average Bonchev–Trinajstić information content (AvgIpc) is 3.68. The van der Waals surface area contributed by atoms with Gasteiger partial charge in [-0.15, -0.1) is 0 Å². The third-order valence-electron chi connectivity index (χ3n) is 12.4. The monoisotopic (exact) mass is 584 g/mol. The zero-order chi connectivity index (χ0) is 28.8. The fourth-order valence-electron chi connectivity index (χ4n) is 11.6. The van der Waals surface area contributed by atoms with Crippen LogP contribution in [0.3, 0.4) is 0 Å². The molecule has 0 radical (unpaired) electrons. The van der Waals surface area contributed by atoms with Crippen molar-refractivity contribution < 1.29 is 28.5 Å². The summed E-state index contributed by atoms with van der Waals surface area (Å²) in [6.07, 6.45) is 2.01. The first kappa shape index (κ1) is 26.6. The van der Waals surface area contributed by atoms with E-state index < -0.39 is 11.2 Å². The molecule has 3 saturated heterocycles. The summed E-state index contributed by atoms with van der Waals surface area (Å²) in [6.45, 7) is 2.48. The van der Waals surface area contributed by atoms with E-state index in [0.717, 1.165) is 11.1 Å². The van der Waals surface area contributed by atoms with E-state index in [2.05, 4.69) is 10.6 Å². The molecule has 2 spiro atoms. The van der Waals surface area contributed by atoms with Crippen LogP contribution in [0.4, 0.5) is 0 Å². The number of nitrogens with one attached hydrogen (secondary N) is 2. The lowest BCUT2D eigenvalue weighted by atomic mass is 9.54. The Morgan fingerprint density at radius 1 is 0.581 bits per heavy atom. The Hall–Kier alpha value is -2.78. The molecule has 43 heavy (non-hydrogen) atoms. The van der Waals surface area contributed by atoms with Crippen molar-refractivity contribution in [2.75, 3.05) is 39.6 Å². The summed E-state index contributed by atoms with van der Waals surface area (Å²) in [4.78, 5) is 27.8. The molecule has 11 unspecified atom stereocenters. The van der Waals surface area contributed by atoms with Gasteiger partial charge in [0.05, 0.1) is 75.8 Å². The fraction of sp³-hybridized carbons (Fsp3) is 0.600. The van der Waals surface area contributed by atoms with E-state index in [4.69, 9.17) is 18.9 Å². The molecule has 2 aromatic carbocycles. The van der Waals surface area contributed by atoms with Crippen LogP contribution in [0.5, 0.6) is 0 Å². The number of carbonyl (C=O) groups is 2. The zero-order valence-electron chi connectivity index (χ0n) is 24.4. The van der Waals surface area contributed by atoms with Crippen LogP contribution in [0.2, 0.25) is 0 Å². The van der Waals surface area contributed by atoms with Crippen LogP contribution >= 0.6 is 0 Å². The van der Waals surface area contributed by atoms with Gasteiger partial charge < -0.3 is 29.6 Å². The number of benzene rings is 2.